The molecule has 0 radical (unpaired) electrons. The maximum Gasteiger partial charge on any atom is 0.194 e. The van der Waals surface area contributed by atoms with Crippen LogP contribution in [0.25, 0.3) is 0 Å². The minimum Gasteiger partial charge on any atom is -0.353 e. The highest BCUT2D eigenvalue weighted by atomic mass is 15.3. The Kier molecular flexibility index (Phi) is 4.47. The number of nitrogens with one attached hydrogen (secondary N) is 1. The summed E-state index contributed by atoms with van der Waals surface area (Å²) in [5.41, 5.74) is 2.78. The molecule has 5 nitrogen and oxygen atoms in total. The van der Waals surface area contributed by atoms with Gasteiger partial charge in [0.25, 0.3) is 0 Å². The highest BCUT2D eigenvalue weighted by molar-refractivity contribution is 5.81. The molecule has 2 aromatic rings. The van der Waals surface area contributed by atoms with E-state index in [0.717, 1.165) is 25.6 Å². The topological polar surface area (TPSA) is 45.5 Å². The fourth-order valence-electron chi connectivity index (χ4n) is 3.85. The van der Waals surface area contributed by atoms with Crippen LogP contribution in [0.5, 0.6) is 0 Å². The van der Waals surface area contributed by atoms with Crippen molar-refractivity contribution in [1.82, 2.24) is 20.0 Å². The number of hydrogen-bond acceptors (Lipinski definition) is 2. The van der Waals surface area contributed by atoms with Gasteiger partial charge in [0.05, 0.1) is 6.20 Å². The third kappa shape index (κ3) is 3.55. The van der Waals surface area contributed by atoms with Gasteiger partial charge in [-0.2, -0.15) is 5.10 Å². The monoisotopic (exact) mass is 337 g/mol. The minimum atomic E-state index is 0.519. The SMILES string of the molecule is CCN=C(NC1CC1c1ccccc1)N1CCC(c2cnn(C)c2)C1. The molecule has 0 spiro atoms. The Labute approximate surface area is 149 Å². The van der Waals surface area contributed by atoms with E-state index in [-0.39, 0.29) is 0 Å². The van der Waals surface area contributed by atoms with Gasteiger partial charge in [-0.15, -0.1) is 0 Å². The van der Waals surface area contributed by atoms with Crippen LogP contribution in [0.3, 0.4) is 0 Å². The van der Waals surface area contributed by atoms with Crippen molar-refractivity contribution in [2.45, 2.75) is 37.6 Å². The smallest absolute Gasteiger partial charge is 0.194 e. The Balaban J connectivity index is 1.39. The average molecular weight is 337 g/mol. The van der Waals surface area contributed by atoms with Gasteiger partial charge in [-0.25, -0.2) is 0 Å². The van der Waals surface area contributed by atoms with Crippen LogP contribution in [0.2, 0.25) is 0 Å². The van der Waals surface area contributed by atoms with Gasteiger partial charge >= 0.3 is 0 Å². The lowest BCUT2D eigenvalue weighted by Crippen LogP contribution is -2.41. The zero-order valence-electron chi connectivity index (χ0n) is 15.1. The third-order valence-corrected chi connectivity index (χ3v) is 5.32. The first-order chi connectivity index (χ1) is 12.2. The van der Waals surface area contributed by atoms with Crippen LogP contribution < -0.4 is 5.32 Å². The maximum absolute atomic E-state index is 4.76. The zero-order chi connectivity index (χ0) is 17.2. The molecule has 1 aromatic carbocycles. The summed E-state index contributed by atoms with van der Waals surface area (Å²) in [5.74, 6) is 2.26. The van der Waals surface area contributed by atoms with E-state index in [1.165, 1.54) is 24.0 Å². The number of aromatic nitrogens is 2. The summed E-state index contributed by atoms with van der Waals surface area (Å²) >= 11 is 0. The quantitative estimate of drug-likeness (QED) is 0.689. The molecule has 1 aliphatic heterocycles. The Hall–Kier alpha value is -2.30. The molecule has 3 unspecified atom stereocenters. The molecule has 0 bridgehead atoms. The third-order valence-electron chi connectivity index (χ3n) is 5.32. The minimum absolute atomic E-state index is 0.519. The number of aliphatic imine (C=N–C) groups is 1. The molecule has 5 heteroatoms. The molecule has 1 N–H and O–H groups in total. The molecule has 1 saturated carbocycles. The van der Waals surface area contributed by atoms with E-state index in [0.29, 0.717) is 17.9 Å². The van der Waals surface area contributed by atoms with Crippen molar-refractivity contribution in [1.29, 1.82) is 0 Å². The number of guanidine groups is 1. The summed E-state index contributed by atoms with van der Waals surface area (Å²) in [6.45, 7) is 5.02. The summed E-state index contributed by atoms with van der Waals surface area (Å²) < 4.78 is 1.89. The van der Waals surface area contributed by atoms with Gasteiger partial charge in [-0.3, -0.25) is 9.67 Å². The van der Waals surface area contributed by atoms with Crippen molar-refractivity contribution in [2.24, 2.45) is 12.0 Å². The van der Waals surface area contributed by atoms with Gasteiger partial charge in [0, 0.05) is 50.8 Å². The second kappa shape index (κ2) is 6.90. The van der Waals surface area contributed by atoms with E-state index >= 15 is 0 Å². The van der Waals surface area contributed by atoms with E-state index in [9.17, 15) is 0 Å². The van der Waals surface area contributed by atoms with Crippen LogP contribution in [0, 0.1) is 0 Å². The second-order valence-corrected chi connectivity index (χ2v) is 7.18. The molecule has 25 heavy (non-hydrogen) atoms. The van der Waals surface area contributed by atoms with Crippen molar-refractivity contribution in [3.63, 3.8) is 0 Å². The predicted octanol–water partition coefficient (Wildman–Crippen LogP) is 2.73. The molecule has 2 aliphatic rings. The fourth-order valence-corrected chi connectivity index (χ4v) is 3.85. The van der Waals surface area contributed by atoms with Crippen molar-refractivity contribution in [3.05, 3.63) is 53.9 Å². The number of likely N-dealkylation sites (tertiary alicyclic amines) is 1. The molecule has 132 valence electrons. The van der Waals surface area contributed by atoms with Crippen molar-refractivity contribution in [2.75, 3.05) is 19.6 Å². The number of rotatable bonds is 4. The first kappa shape index (κ1) is 16.2. The molecule has 0 amide bonds. The van der Waals surface area contributed by atoms with E-state index in [2.05, 4.69) is 58.8 Å². The van der Waals surface area contributed by atoms with Crippen LogP contribution >= 0.6 is 0 Å². The normalized spacial score (nSPS) is 26.1. The maximum atomic E-state index is 4.76. The van der Waals surface area contributed by atoms with Crippen LogP contribution in [-0.2, 0) is 7.05 Å². The highest BCUT2D eigenvalue weighted by Gasteiger charge is 2.40. The molecule has 4 rings (SSSR count). The lowest BCUT2D eigenvalue weighted by molar-refractivity contribution is 0.483. The van der Waals surface area contributed by atoms with Gasteiger partial charge < -0.3 is 10.2 Å². The Morgan fingerprint density at radius 1 is 1.28 bits per heavy atom. The molecule has 1 aromatic heterocycles. The molecular weight excluding hydrogens is 310 g/mol. The first-order valence-corrected chi connectivity index (χ1v) is 9.34. The predicted molar refractivity (Wildman–Crippen MR) is 101 cm³/mol. The fraction of sp³-hybridized carbons (Fsp3) is 0.500. The molecule has 1 saturated heterocycles. The second-order valence-electron chi connectivity index (χ2n) is 7.18. The standard InChI is InChI=1S/C20H27N5/c1-3-21-20(23-19-11-18(19)15-7-5-4-6-8-15)25-10-9-16(14-25)17-12-22-24(2)13-17/h4-8,12-13,16,18-19H,3,9-11,14H2,1-2H3,(H,21,23). The summed E-state index contributed by atoms with van der Waals surface area (Å²) in [6.07, 6.45) is 6.52. The Bertz CT molecular complexity index is 736. The van der Waals surface area contributed by atoms with Crippen LogP contribution in [-0.4, -0.2) is 46.3 Å². The molecular formula is C20H27N5. The highest BCUT2D eigenvalue weighted by Crippen LogP contribution is 2.41. The van der Waals surface area contributed by atoms with Gasteiger partial charge in [0.2, 0.25) is 0 Å². The Morgan fingerprint density at radius 3 is 2.84 bits per heavy atom. The summed E-state index contributed by atoms with van der Waals surface area (Å²) in [6, 6.07) is 11.3. The largest absolute Gasteiger partial charge is 0.353 e. The van der Waals surface area contributed by atoms with Gasteiger partial charge in [0.1, 0.15) is 0 Å². The van der Waals surface area contributed by atoms with Gasteiger partial charge in [-0.05, 0) is 30.9 Å². The van der Waals surface area contributed by atoms with Crippen LogP contribution in [0.15, 0.2) is 47.7 Å². The summed E-state index contributed by atoms with van der Waals surface area (Å²) in [4.78, 5) is 7.18. The molecule has 2 fully saturated rings. The molecule has 2 heterocycles. The molecule has 3 atom stereocenters. The summed E-state index contributed by atoms with van der Waals surface area (Å²) in [5, 5.41) is 8.04. The van der Waals surface area contributed by atoms with Crippen molar-refractivity contribution in [3.8, 4) is 0 Å². The van der Waals surface area contributed by atoms with Crippen molar-refractivity contribution >= 4 is 5.96 Å². The van der Waals surface area contributed by atoms with Gasteiger partial charge in [0.15, 0.2) is 5.96 Å². The van der Waals surface area contributed by atoms with Crippen LogP contribution in [0.1, 0.15) is 42.7 Å². The number of benzene rings is 1. The lowest BCUT2D eigenvalue weighted by Gasteiger charge is -2.22. The Morgan fingerprint density at radius 2 is 2.12 bits per heavy atom. The number of hydrogen-bond donors (Lipinski definition) is 1. The number of aryl methyl sites for hydroxylation is 1. The first-order valence-electron chi connectivity index (χ1n) is 9.34. The van der Waals surface area contributed by atoms with Crippen molar-refractivity contribution < 1.29 is 0 Å². The zero-order valence-corrected chi connectivity index (χ0v) is 15.1. The van der Waals surface area contributed by atoms with Crippen LogP contribution in [0.4, 0.5) is 0 Å². The van der Waals surface area contributed by atoms with E-state index < -0.39 is 0 Å². The van der Waals surface area contributed by atoms with E-state index in [1.807, 2.05) is 17.9 Å². The number of nitrogens with zero attached hydrogens (tertiary/aromatic N) is 4. The molecule has 1 aliphatic carbocycles. The van der Waals surface area contributed by atoms with E-state index in [1.54, 1.807) is 0 Å². The average Bonchev–Trinajstić information content (AvgIpc) is 3.02. The summed E-state index contributed by atoms with van der Waals surface area (Å²) in [7, 11) is 1.98. The van der Waals surface area contributed by atoms with Gasteiger partial charge in [-0.1, -0.05) is 30.3 Å². The lowest BCUT2D eigenvalue weighted by atomic mass is 10.0. The van der Waals surface area contributed by atoms with E-state index in [4.69, 9.17) is 4.99 Å².